The summed E-state index contributed by atoms with van der Waals surface area (Å²) in [6.45, 7) is 3.36. The van der Waals surface area contributed by atoms with Crippen LogP contribution in [0.2, 0.25) is 5.15 Å². The highest BCUT2D eigenvalue weighted by atomic mass is 35.5. The number of hydrogen-bond acceptors (Lipinski definition) is 4. The van der Waals surface area contributed by atoms with Crippen LogP contribution in [0.5, 0.6) is 5.88 Å². The maximum atomic E-state index is 5.88. The molecule has 0 bridgehead atoms. The van der Waals surface area contributed by atoms with E-state index in [-0.39, 0.29) is 6.10 Å². The quantitative estimate of drug-likeness (QED) is 0.727. The van der Waals surface area contributed by atoms with E-state index in [1.807, 2.05) is 6.92 Å². The monoisotopic (exact) mass is 228 g/mol. The molecule has 1 aliphatic rings. The molecule has 0 radical (unpaired) electrons. The topological polar surface area (TPSA) is 44.2 Å². The van der Waals surface area contributed by atoms with Gasteiger partial charge >= 0.3 is 0 Å². The predicted octanol–water partition coefficient (Wildman–Crippen LogP) is 2.00. The zero-order valence-corrected chi connectivity index (χ0v) is 9.33. The molecule has 0 unspecified atom stereocenters. The second kappa shape index (κ2) is 4.77. The molecule has 0 atom stereocenters. The van der Waals surface area contributed by atoms with Crippen LogP contribution in [0, 0.1) is 6.92 Å². The van der Waals surface area contributed by atoms with E-state index < -0.39 is 0 Å². The summed E-state index contributed by atoms with van der Waals surface area (Å²) in [5.41, 5.74) is 0.797. The first-order valence-corrected chi connectivity index (χ1v) is 5.36. The van der Waals surface area contributed by atoms with Gasteiger partial charge in [-0.3, -0.25) is 0 Å². The van der Waals surface area contributed by atoms with Crippen molar-refractivity contribution in [1.29, 1.82) is 0 Å². The van der Waals surface area contributed by atoms with Crippen molar-refractivity contribution >= 4 is 11.6 Å². The fraction of sp³-hybridized carbons (Fsp3) is 0.600. The molecule has 1 aliphatic heterocycles. The van der Waals surface area contributed by atoms with E-state index in [4.69, 9.17) is 21.1 Å². The number of ether oxygens (including phenoxy) is 2. The van der Waals surface area contributed by atoms with E-state index in [0.29, 0.717) is 11.0 Å². The minimum Gasteiger partial charge on any atom is -0.474 e. The van der Waals surface area contributed by atoms with E-state index in [1.165, 1.54) is 6.33 Å². The first-order chi connectivity index (χ1) is 7.27. The van der Waals surface area contributed by atoms with Crippen molar-refractivity contribution in [3.8, 4) is 5.88 Å². The number of hydrogen-bond donors (Lipinski definition) is 0. The highest BCUT2D eigenvalue weighted by Crippen LogP contribution is 2.23. The molecule has 1 saturated heterocycles. The average Bonchev–Trinajstić information content (AvgIpc) is 2.26. The van der Waals surface area contributed by atoms with Crippen LogP contribution in [0.3, 0.4) is 0 Å². The summed E-state index contributed by atoms with van der Waals surface area (Å²) in [6.07, 6.45) is 3.41. The Morgan fingerprint density at radius 1 is 1.40 bits per heavy atom. The van der Waals surface area contributed by atoms with Crippen molar-refractivity contribution in [1.82, 2.24) is 9.97 Å². The van der Waals surface area contributed by atoms with Crippen LogP contribution in [-0.2, 0) is 4.74 Å². The van der Waals surface area contributed by atoms with E-state index in [1.54, 1.807) is 0 Å². The van der Waals surface area contributed by atoms with E-state index in [0.717, 1.165) is 31.6 Å². The molecule has 1 aromatic rings. The lowest BCUT2D eigenvalue weighted by molar-refractivity contribution is 0.0234. The Labute approximate surface area is 93.6 Å². The predicted molar refractivity (Wildman–Crippen MR) is 56.2 cm³/mol. The van der Waals surface area contributed by atoms with Crippen LogP contribution < -0.4 is 4.74 Å². The zero-order chi connectivity index (χ0) is 10.7. The Hall–Kier alpha value is -0.870. The normalized spacial score (nSPS) is 17.7. The molecule has 0 N–H and O–H groups in total. The lowest BCUT2D eigenvalue weighted by atomic mass is 10.1. The molecule has 0 aliphatic carbocycles. The van der Waals surface area contributed by atoms with Gasteiger partial charge in [-0.1, -0.05) is 11.6 Å². The lowest BCUT2D eigenvalue weighted by Crippen LogP contribution is -2.26. The van der Waals surface area contributed by atoms with Crippen molar-refractivity contribution in [3.05, 3.63) is 17.0 Å². The minimum absolute atomic E-state index is 0.184. The Morgan fingerprint density at radius 2 is 2.13 bits per heavy atom. The summed E-state index contributed by atoms with van der Waals surface area (Å²) in [4.78, 5) is 7.96. The highest BCUT2D eigenvalue weighted by Gasteiger charge is 2.17. The largest absolute Gasteiger partial charge is 0.474 e. The summed E-state index contributed by atoms with van der Waals surface area (Å²) < 4.78 is 11.0. The zero-order valence-electron chi connectivity index (χ0n) is 8.57. The summed E-state index contributed by atoms with van der Waals surface area (Å²) in [5, 5.41) is 0.451. The SMILES string of the molecule is Cc1c(Cl)ncnc1OC1CCOCC1. The number of rotatable bonds is 2. The number of aromatic nitrogens is 2. The van der Waals surface area contributed by atoms with Gasteiger partial charge in [0.2, 0.25) is 5.88 Å². The molecular weight excluding hydrogens is 216 g/mol. The number of halogens is 1. The van der Waals surface area contributed by atoms with Crippen LogP contribution in [-0.4, -0.2) is 29.3 Å². The van der Waals surface area contributed by atoms with Gasteiger partial charge in [-0.25, -0.2) is 9.97 Å². The van der Waals surface area contributed by atoms with Gasteiger partial charge in [0, 0.05) is 18.4 Å². The minimum atomic E-state index is 0.184. The van der Waals surface area contributed by atoms with Crippen LogP contribution in [0.4, 0.5) is 0 Å². The molecule has 5 heteroatoms. The third kappa shape index (κ3) is 2.58. The Morgan fingerprint density at radius 3 is 2.87 bits per heavy atom. The molecule has 82 valence electrons. The third-order valence-corrected chi connectivity index (χ3v) is 2.80. The molecule has 1 aromatic heterocycles. The molecule has 0 saturated carbocycles. The maximum Gasteiger partial charge on any atom is 0.221 e. The number of nitrogens with zero attached hydrogens (tertiary/aromatic N) is 2. The summed E-state index contributed by atoms with van der Waals surface area (Å²) in [5.74, 6) is 0.585. The fourth-order valence-electron chi connectivity index (χ4n) is 1.48. The summed E-state index contributed by atoms with van der Waals surface area (Å²) in [6, 6.07) is 0. The van der Waals surface area contributed by atoms with E-state index in [2.05, 4.69) is 9.97 Å². The van der Waals surface area contributed by atoms with Crippen LogP contribution in [0.1, 0.15) is 18.4 Å². The first-order valence-electron chi connectivity index (χ1n) is 4.99. The molecule has 1 fully saturated rings. The van der Waals surface area contributed by atoms with Gasteiger partial charge in [0.25, 0.3) is 0 Å². The fourth-order valence-corrected chi connectivity index (χ4v) is 1.61. The summed E-state index contributed by atoms with van der Waals surface area (Å²) >= 11 is 5.88. The molecule has 0 amide bonds. The second-order valence-electron chi connectivity index (χ2n) is 3.52. The maximum absolute atomic E-state index is 5.88. The third-order valence-electron chi connectivity index (χ3n) is 2.42. The van der Waals surface area contributed by atoms with Gasteiger partial charge in [-0.15, -0.1) is 0 Å². The van der Waals surface area contributed by atoms with Crippen LogP contribution in [0.15, 0.2) is 6.33 Å². The van der Waals surface area contributed by atoms with Gasteiger partial charge < -0.3 is 9.47 Å². The first kappa shape index (κ1) is 10.6. The standard InChI is InChI=1S/C10H13ClN2O2/c1-7-9(11)12-6-13-10(7)15-8-2-4-14-5-3-8/h6,8H,2-5H2,1H3. The Bertz CT molecular complexity index is 340. The van der Waals surface area contributed by atoms with Crippen LogP contribution >= 0.6 is 11.6 Å². The van der Waals surface area contributed by atoms with Gasteiger partial charge in [-0.05, 0) is 6.92 Å². The molecule has 2 heterocycles. The molecule has 2 rings (SSSR count). The molecular formula is C10H13ClN2O2. The highest BCUT2D eigenvalue weighted by molar-refractivity contribution is 6.30. The van der Waals surface area contributed by atoms with Crippen molar-refractivity contribution in [3.63, 3.8) is 0 Å². The lowest BCUT2D eigenvalue weighted by Gasteiger charge is -2.23. The Kier molecular flexibility index (Phi) is 3.38. The molecule has 0 aromatic carbocycles. The van der Waals surface area contributed by atoms with Crippen molar-refractivity contribution in [2.75, 3.05) is 13.2 Å². The molecule has 0 spiro atoms. The molecule has 4 nitrogen and oxygen atoms in total. The summed E-state index contributed by atoms with van der Waals surface area (Å²) in [7, 11) is 0. The van der Waals surface area contributed by atoms with Gasteiger partial charge in [0.05, 0.1) is 13.2 Å². The van der Waals surface area contributed by atoms with Gasteiger partial charge in [0.1, 0.15) is 17.6 Å². The van der Waals surface area contributed by atoms with Crippen molar-refractivity contribution in [2.24, 2.45) is 0 Å². The van der Waals surface area contributed by atoms with E-state index >= 15 is 0 Å². The van der Waals surface area contributed by atoms with E-state index in [9.17, 15) is 0 Å². The smallest absolute Gasteiger partial charge is 0.221 e. The van der Waals surface area contributed by atoms with Crippen molar-refractivity contribution < 1.29 is 9.47 Å². The molecule has 15 heavy (non-hydrogen) atoms. The van der Waals surface area contributed by atoms with Gasteiger partial charge in [-0.2, -0.15) is 0 Å². The van der Waals surface area contributed by atoms with Crippen LogP contribution in [0.25, 0.3) is 0 Å². The average molecular weight is 229 g/mol. The van der Waals surface area contributed by atoms with Crippen molar-refractivity contribution in [2.45, 2.75) is 25.9 Å². The second-order valence-corrected chi connectivity index (χ2v) is 3.88. The Balaban J connectivity index is 2.06. The van der Waals surface area contributed by atoms with Gasteiger partial charge in [0.15, 0.2) is 0 Å².